The summed E-state index contributed by atoms with van der Waals surface area (Å²) >= 11 is 0. The number of hydrogen-bond acceptors (Lipinski definition) is 2. The smallest absolute Gasteiger partial charge is 0.379 e. The summed E-state index contributed by atoms with van der Waals surface area (Å²) in [5.41, 5.74) is -2.76. The van der Waals surface area contributed by atoms with Crippen LogP contribution >= 0.6 is 0 Å². The fourth-order valence-electron chi connectivity index (χ4n) is 1.34. The van der Waals surface area contributed by atoms with Crippen LogP contribution in [0.1, 0.15) is 6.42 Å². The second kappa shape index (κ2) is 3.27. The van der Waals surface area contributed by atoms with Crippen molar-refractivity contribution in [2.45, 2.75) is 18.2 Å². The lowest BCUT2D eigenvalue weighted by atomic mass is 10.0. The molecule has 1 amide bonds. The van der Waals surface area contributed by atoms with Crippen molar-refractivity contribution in [3.8, 4) is 0 Å². The summed E-state index contributed by atoms with van der Waals surface area (Å²) in [7, 11) is 0. The van der Waals surface area contributed by atoms with Crippen molar-refractivity contribution < 1.29 is 23.1 Å². The molecule has 1 N–H and O–H groups in total. The lowest BCUT2D eigenvalue weighted by molar-refractivity contribution is -0.253. The Kier molecular flexibility index (Phi) is 2.58. The minimum absolute atomic E-state index is 0.0964. The number of β-amino-alcohol motifs (C(OH)–C–C–N with tert-alkyl or cyclic N) is 1. The van der Waals surface area contributed by atoms with Crippen molar-refractivity contribution in [1.82, 2.24) is 4.90 Å². The molecular formula is C8H10F3NO2. The Morgan fingerprint density at radius 3 is 2.50 bits per heavy atom. The zero-order chi connectivity index (χ0) is 11.0. The summed E-state index contributed by atoms with van der Waals surface area (Å²) in [6.07, 6.45) is -4.23. The van der Waals surface area contributed by atoms with Crippen LogP contribution in [0.3, 0.4) is 0 Å². The molecule has 0 saturated carbocycles. The maximum atomic E-state index is 12.3. The number of rotatable bonds is 1. The maximum Gasteiger partial charge on any atom is 0.419 e. The van der Waals surface area contributed by atoms with Crippen LogP contribution in [0, 0.1) is 0 Å². The summed E-state index contributed by atoms with van der Waals surface area (Å²) < 4.78 is 36.8. The highest BCUT2D eigenvalue weighted by Crippen LogP contribution is 2.37. The van der Waals surface area contributed by atoms with Crippen LogP contribution in [0.2, 0.25) is 0 Å². The van der Waals surface area contributed by atoms with Crippen LogP contribution in [0.15, 0.2) is 12.7 Å². The fourth-order valence-corrected chi connectivity index (χ4v) is 1.34. The van der Waals surface area contributed by atoms with Crippen LogP contribution < -0.4 is 0 Å². The molecule has 0 spiro atoms. The SMILES string of the molecule is C=CC(=O)N1CCC(O)(C(F)(F)F)C1. The van der Waals surface area contributed by atoms with Gasteiger partial charge in [-0.25, -0.2) is 0 Å². The van der Waals surface area contributed by atoms with Gasteiger partial charge in [-0.15, -0.1) is 0 Å². The van der Waals surface area contributed by atoms with Gasteiger partial charge in [0.05, 0.1) is 6.54 Å². The monoisotopic (exact) mass is 209 g/mol. The molecule has 6 heteroatoms. The number of alkyl halides is 3. The topological polar surface area (TPSA) is 40.5 Å². The number of nitrogens with zero attached hydrogens (tertiary/aromatic N) is 1. The van der Waals surface area contributed by atoms with E-state index in [1.807, 2.05) is 0 Å². The van der Waals surface area contributed by atoms with E-state index in [1.54, 1.807) is 0 Å². The quantitative estimate of drug-likeness (QED) is 0.646. The lowest BCUT2D eigenvalue weighted by Crippen LogP contribution is -2.47. The van der Waals surface area contributed by atoms with E-state index in [0.29, 0.717) is 0 Å². The fraction of sp³-hybridized carbons (Fsp3) is 0.625. The van der Waals surface area contributed by atoms with Gasteiger partial charge in [0.25, 0.3) is 0 Å². The summed E-state index contributed by atoms with van der Waals surface area (Å²) in [6.45, 7) is 2.36. The third-order valence-electron chi connectivity index (χ3n) is 2.26. The first-order chi connectivity index (χ1) is 6.30. The lowest BCUT2D eigenvalue weighted by Gasteiger charge is -2.25. The third-order valence-corrected chi connectivity index (χ3v) is 2.26. The van der Waals surface area contributed by atoms with Crippen LogP contribution in [-0.4, -0.2) is 40.8 Å². The summed E-state index contributed by atoms with van der Waals surface area (Å²) in [5, 5.41) is 9.19. The van der Waals surface area contributed by atoms with E-state index in [0.717, 1.165) is 11.0 Å². The molecule has 0 bridgehead atoms. The number of likely N-dealkylation sites (tertiary alicyclic amines) is 1. The summed E-state index contributed by atoms with van der Waals surface area (Å²) in [6, 6.07) is 0. The third kappa shape index (κ3) is 1.75. The molecule has 1 aliphatic heterocycles. The Balaban J connectivity index is 2.74. The Labute approximate surface area is 78.8 Å². The van der Waals surface area contributed by atoms with Gasteiger partial charge in [-0.3, -0.25) is 4.79 Å². The van der Waals surface area contributed by atoms with E-state index >= 15 is 0 Å². The summed E-state index contributed by atoms with van der Waals surface area (Å²) in [5.74, 6) is -0.592. The van der Waals surface area contributed by atoms with Crippen molar-refractivity contribution in [1.29, 1.82) is 0 Å². The van der Waals surface area contributed by atoms with Crippen molar-refractivity contribution in [2.75, 3.05) is 13.1 Å². The number of amides is 1. The van der Waals surface area contributed by atoms with E-state index in [9.17, 15) is 23.1 Å². The van der Waals surface area contributed by atoms with E-state index in [-0.39, 0.29) is 6.54 Å². The standard InChI is InChI=1S/C8H10F3NO2/c1-2-6(13)12-4-3-7(14,5-12)8(9,10)11/h2,14H,1,3-5H2. The van der Waals surface area contributed by atoms with Crippen LogP contribution in [0.4, 0.5) is 13.2 Å². The largest absolute Gasteiger partial charge is 0.419 e. The van der Waals surface area contributed by atoms with Crippen molar-refractivity contribution >= 4 is 5.91 Å². The van der Waals surface area contributed by atoms with Gasteiger partial charge in [-0.1, -0.05) is 6.58 Å². The first-order valence-corrected chi connectivity index (χ1v) is 4.00. The molecular weight excluding hydrogens is 199 g/mol. The van der Waals surface area contributed by atoms with Gasteiger partial charge in [0.1, 0.15) is 0 Å². The number of carbonyl (C=O) groups excluding carboxylic acids is 1. The molecule has 1 atom stereocenters. The normalized spacial score (nSPS) is 27.9. The molecule has 1 fully saturated rings. The Morgan fingerprint density at radius 1 is 1.57 bits per heavy atom. The Morgan fingerprint density at radius 2 is 2.14 bits per heavy atom. The highest BCUT2D eigenvalue weighted by Gasteiger charge is 2.57. The summed E-state index contributed by atoms with van der Waals surface area (Å²) in [4.78, 5) is 11.9. The molecule has 0 aromatic carbocycles. The van der Waals surface area contributed by atoms with Gasteiger partial charge in [0, 0.05) is 13.0 Å². The molecule has 80 valence electrons. The van der Waals surface area contributed by atoms with Gasteiger partial charge in [0.15, 0.2) is 5.60 Å². The molecule has 3 nitrogen and oxygen atoms in total. The average Bonchev–Trinajstić information content (AvgIpc) is 2.47. The van der Waals surface area contributed by atoms with Gasteiger partial charge in [0.2, 0.25) is 5.91 Å². The van der Waals surface area contributed by atoms with Gasteiger partial charge in [-0.2, -0.15) is 13.2 Å². The number of carbonyl (C=O) groups is 1. The highest BCUT2D eigenvalue weighted by molar-refractivity contribution is 5.87. The molecule has 0 aromatic heterocycles. The van der Waals surface area contributed by atoms with E-state index in [1.165, 1.54) is 0 Å². The van der Waals surface area contributed by atoms with Crippen molar-refractivity contribution in [2.24, 2.45) is 0 Å². The number of aliphatic hydroxyl groups is 1. The molecule has 0 aromatic rings. The predicted octanol–water partition coefficient (Wildman–Crippen LogP) is 0.698. The molecule has 1 aliphatic rings. The highest BCUT2D eigenvalue weighted by atomic mass is 19.4. The van der Waals surface area contributed by atoms with Crippen LogP contribution in [0.5, 0.6) is 0 Å². The zero-order valence-corrected chi connectivity index (χ0v) is 7.34. The number of halogens is 3. The van der Waals surface area contributed by atoms with Crippen molar-refractivity contribution in [3.63, 3.8) is 0 Å². The molecule has 1 heterocycles. The second-order valence-corrected chi connectivity index (χ2v) is 3.24. The van der Waals surface area contributed by atoms with Crippen LogP contribution in [0.25, 0.3) is 0 Å². The van der Waals surface area contributed by atoms with Gasteiger partial charge < -0.3 is 10.0 Å². The maximum absolute atomic E-state index is 12.3. The zero-order valence-electron chi connectivity index (χ0n) is 7.34. The minimum Gasteiger partial charge on any atom is -0.379 e. The first kappa shape index (κ1) is 11.0. The van der Waals surface area contributed by atoms with Crippen molar-refractivity contribution in [3.05, 3.63) is 12.7 Å². The minimum atomic E-state index is -4.69. The number of hydrogen-bond donors (Lipinski definition) is 1. The van der Waals surface area contributed by atoms with Crippen LogP contribution in [-0.2, 0) is 4.79 Å². The molecule has 0 radical (unpaired) electrons. The van der Waals surface area contributed by atoms with E-state index in [2.05, 4.69) is 6.58 Å². The molecule has 1 unspecified atom stereocenters. The van der Waals surface area contributed by atoms with E-state index in [4.69, 9.17) is 0 Å². The second-order valence-electron chi connectivity index (χ2n) is 3.24. The van der Waals surface area contributed by atoms with Gasteiger partial charge >= 0.3 is 6.18 Å². The Bertz CT molecular complexity index is 264. The Hall–Kier alpha value is -1.04. The predicted molar refractivity (Wildman–Crippen MR) is 42.4 cm³/mol. The van der Waals surface area contributed by atoms with Gasteiger partial charge in [-0.05, 0) is 6.08 Å². The molecule has 1 saturated heterocycles. The first-order valence-electron chi connectivity index (χ1n) is 4.00. The molecule has 1 rings (SSSR count). The molecule has 14 heavy (non-hydrogen) atoms. The molecule has 0 aliphatic carbocycles. The average molecular weight is 209 g/mol. The van der Waals surface area contributed by atoms with E-state index < -0.39 is 30.7 Å².